The number of rotatable bonds is 4. The van der Waals surface area contributed by atoms with Crippen molar-refractivity contribution in [3.8, 4) is 17.2 Å². The van der Waals surface area contributed by atoms with Crippen LogP contribution in [0.3, 0.4) is 0 Å². The number of ether oxygens (including phenoxy) is 3. The first-order chi connectivity index (χ1) is 14.8. The normalized spacial score (nSPS) is 19.7. The smallest absolute Gasteiger partial charge is 0.253 e. The van der Waals surface area contributed by atoms with Gasteiger partial charge in [-0.05, 0) is 44.2 Å². The largest absolute Gasteiger partial charge is 0.493 e. The van der Waals surface area contributed by atoms with Crippen molar-refractivity contribution in [2.45, 2.75) is 45.3 Å². The molecule has 2 heterocycles. The lowest BCUT2D eigenvalue weighted by Crippen LogP contribution is -2.56. The number of nitrogens with zero attached hydrogens (tertiary/aromatic N) is 1. The Bertz CT molecular complexity index is 991. The summed E-state index contributed by atoms with van der Waals surface area (Å²) in [5.74, 6) is 1.63. The lowest BCUT2D eigenvalue weighted by molar-refractivity contribution is -0.0345. The van der Waals surface area contributed by atoms with Gasteiger partial charge in [-0.15, -0.1) is 0 Å². The lowest BCUT2D eigenvalue weighted by Gasteiger charge is -2.47. The van der Waals surface area contributed by atoms with Gasteiger partial charge >= 0.3 is 0 Å². The van der Waals surface area contributed by atoms with Crippen LogP contribution < -0.4 is 14.2 Å². The third-order valence-corrected chi connectivity index (χ3v) is 6.32. The van der Waals surface area contributed by atoms with Crippen LogP contribution in [-0.2, 0) is 0 Å². The van der Waals surface area contributed by atoms with Crippen LogP contribution in [0.4, 0.5) is 0 Å². The predicted molar refractivity (Wildman–Crippen MR) is 117 cm³/mol. The van der Waals surface area contributed by atoms with Gasteiger partial charge < -0.3 is 19.1 Å². The first-order valence-electron chi connectivity index (χ1n) is 10.8. The summed E-state index contributed by atoms with van der Waals surface area (Å²) in [6.45, 7) is 6.89. The molecule has 0 N–H and O–H groups in total. The zero-order valence-electron chi connectivity index (χ0n) is 18.5. The third kappa shape index (κ3) is 3.87. The summed E-state index contributed by atoms with van der Waals surface area (Å²) < 4.78 is 17.5. The zero-order valence-corrected chi connectivity index (χ0v) is 18.5. The highest BCUT2D eigenvalue weighted by molar-refractivity contribution is 6.02. The number of methoxy groups -OCH3 is 1. The standard InChI is InChI=1S/C25H29NO5/c1-16(2)30-21-10-9-18(15-22(21)29-4)24(28)26-13-11-25(12-14-26)17(3)23(27)19-7-5-6-8-20(19)31-25/h5-10,15-17H,11-14H2,1-4H3. The third-order valence-electron chi connectivity index (χ3n) is 6.32. The molecule has 31 heavy (non-hydrogen) atoms. The number of para-hydroxylation sites is 1. The molecule has 1 unspecified atom stereocenters. The van der Waals surface area contributed by atoms with E-state index in [9.17, 15) is 9.59 Å². The maximum Gasteiger partial charge on any atom is 0.253 e. The van der Waals surface area contributed by atoms with E-state index < -0.39 is 5.60 Å². The Morgan fingerprint density at radius 1 is 1.13 bits per heavy atom. The topological polar surface area (TPSA) is 65.1 Å². The number of ketones is 1. The average molecular weight is 424 g/mol. The van der Waals surface area contributed by atoms with Gasteiger partial charge in [-0.1, -0.05) is 19.1 Å². The highest BCUT2D eigenvalue weighted by atomic mass is 16.5. The number of carbonyl (C=O) groups is 2. The van der Waals surface area contributed by atoms with E-state index >= 15 is 0 Å². The highest BCUT2D eigenvalue weighted by Crippen LogP contribution is 2.43. The Kier molecular flexibility index (Phi) is 5.65. The van der Waals surface area contributed by atoms with E-state index in [4.69, 9.17) is 14.2 Å². The molecule has 1 atom stereocenters. The molecule has 0 radical (unpaired) electrons. The molecule has 1 spiro atoms. The minimum absolute atomic E-state index is 0.0130. The van der Waals surface area contributed by atoms with Gasteiger partial charge in [0.05, 0.1) is 24.7 Å². The van der Waals surface area contributed by atoms with Crippen LogP contribution in [-0.4, -0.2) is 48.5 Å². The number of Topliss-reactive ketones (excluding diaryl/α,β-unsaturated/α-hetero) is 1. The van der Waals surface area contributed by atoms with Crippen LogP contribution in [0.15, 0.2) is 42.5 Å². The Labute approximate surface area is 183 Å². The van der Waals surface area contributed by atoms with Crippen molar-refractivity contribution in [2.75, 3.05) is 20.2 Å². The number of carbonyl (C=O) groups excluding carboxylic acids is 2. The molecule has 6 heteroatoms. The van der Waals surface area contributed by atoms with E-state index in [2.05, 4.69) is 0 Å². The monoisotopic (exact) mass is 423 g/mol. The Morgan fingerprint density at radius 2 is 1.84 bits per heavy atom. The minimum atomic E-state index is -0.561. The van der Waals surface area contributed by atoms with Crippen molar-refractivity contribution in [1.29, 1.82) is 0 Å². The first kappa shape index (κ1) is 21.2. The number of hydrogen-bond acceptors (Lipinski definition) is 5. The maximum atomic E-state index is 13.1. The summed E-state index contributed by atoms with van der Waals surface area (Å²) in [6.07, 6.45) is 1.25. The van der Waals surface area contributed by atoms with Crippen LogP contribution >= 0.6 is 0 Å². The van der Waals surface area contributed by atoms with Crippen molar-refractivity contribution in [3.05, 3.63) is 53.6 Å². The lowest BCUT2D eigenvalue weighted by atomic mass is 9.74. The number of amides is 1. The number of fused-ring (bicyclic) bond motifs is 1. The van der Waals surface area contributed by atoms with Crippen LogP contribution in [0, 0.1) is 5.92 Å². The number of piperidine rings is 1. The molecule has 1 saturated heterocycles. The second-order valence-corrected chi connectivity index (χ2v) is 8.57. The summed E-state index contributed by atoms with van der Waals surface area (Å²) in [5, 5.41) is 0. The van der Waals surface area contributed by atoms with Gasteiger partial charge in [0.15, 0.2) is 17.3 Å². The fourth-order valence-corrected chi connectivity index (χ4v) is 4.50. The Morgan fingerprint density at radius 3 is 2.52 bits per heavy atom. The van der Waals surface area contributed by atoms with Gasteiger partial charge in [-0.25, -0.2) is 0 Å². The molecule has 1 amide bonds. The molecular weight excluding hydrogens is 394 g/mol. The van der Waals surface area contributed by atoms with Gasteiger partial charge in [0.25, 0.3) is 5.91 Å². The molecule has 2 aromatic carbocycles. The van der Waals surface area contributed by atoms with Crippen molar-refractivity contribution in [1.82, 2.24) is 4.90 Å². The quantitative estimate of drug-likeness (QED) is 0.731. The molecule has 6 nitrogen and oxygen atoms in total. The van der Waals surface area contributed by atoms with Crippen molar-refractivity contribution in [3.63, 3.8) is 0 Å². The van der Waals surface area contributed by atoms with Crippen LogP contribution in [0.2, 0.25) is 0 Å². The fourth-order valence-electron chi connectivity index (χ4n) is 4.50. The molecule has 0 bridgehead atoms. The maximum absolute atomic E-state index is 13.1. The van der Waals surface area contributed by atoms with Crippen molar-refractivity contribution in [2.24, 2.45) is 5.92 Å². The fraction of sp³-hybridized carbons (Fsp3) is 0.440. The SMILES string of the molecule is COc1cc(C(=O)N2CCC3(CC2)Oc2ccccc2C(=O)C3C)ccc1OC(C)C. The van der Waals surface area contributed by atoms with E-state index in [1.54, 1.807) is 25.3 Å². The molecule has 0 aliphatic carbocycles. The number of hydrogen-bond donors (Lipinski definition) is 0. The van der Waals surface area contributed by atoms with Crippen molar-refractivity contribution >= 4 is 11.7 Å². The number of benzene rings is 2. The van der Waals surface area contributed by atoms with E-state index in [0.29, 0.717) is 54.3 Å². The van der Waals surface area contributed by atoms with E-state index in [-0.39, 0.29) is 23.7 Å². The molecule has 2 aliphatic rings. The van der Waals surface area contributed by atoms with Gasteiger partial charge in [-0.2, -0.15) is 0 Å². The van der Waals surface area contributed by atoms with Crippen molar-refractivity contribution < 1.29 is 23.8 Å². The molecule has 4 rings (SSSR count). The van der Waals surface area contributed by atoms with E-state index in [1.807, 2.05) is 49.9 Å². The van der Waals surface area contributed by atoms with Crippen LogP contribution in [0.25, 0.3) is 0 Å². The molecular formula is C25H29NO5. The molecule has 2 aromatic rings. The Balaban J connectivity index is 1.49. The molecule has 1 fully saturated rings. The summed E-state index contributed by atoms with van der Waals surface area (Å²) >= 11 is 0. The molecule has 164 valence electrons. The van der Waals surface area contributed by atoms with Crippen LogP contribution in [0.5, 0.6) is 17.2 Å². The van der Waals surface area contributed by atoms with Crippen LogP contribution in [0.1, 0.15) is 54.3 Å². The molecule has 0 aromatic heterocycles. The average Bonchev–Trinajstić information content (AvgIpc) is 2.77. The minimum Gasteiger partial charge on any atom is -0.493 e. The van der Waals surface area contributed by atoms with Gasteiger partial charge in [-0.3, -0.25) is 9.59 Å². The summed E-state index contributed by atoms with van der Waals surface area (Å²) in [6, 6.07) is 12.7. The summed E-state index contributed by atoms with van der Waals surface area (Å²) in [5.41, 5.74) is 0.646. The summed E-state index contributed by atoms with van der Waals surface area (Å²) in [7, 11) is 1.57. The second-order valence-electron chi connectivity index (χ2n) is 8.57. The number of likely N-dealkylation sites (tertiary alicyclic amines) is 1. The van der Waals surface area contributed by atoms with Gasteiger partial charge in [0.1, 0.15) is 11.4 Å². The Hall–Kier alpha value is -3.02. The molecule has 2 aliphatic heterocycles. The van der Waals surface area contributed by atoms with E-state index in [1.165, 1.54) is 0 Å². The zero-order chi connectivity index (χ0) is 22.2. The highest BCUT2D eigenvalue weighted by Gasteiger charge is 2.49. The van der Waals surface area contributed by atoms with E-state index in [0.717, 1.165) is 0 Å². The first-order valence-corrected chi connectivity index (χ1v) is 10.8. The molecule has 0 saturated carbocycles. The van der Waals surface area contributed by atoms with Gasteiger partial charge in [0.2, 0.25) is 0 Å². The predicted octanol–water partition coefficient (Wildman–Crippen LogP) is 4.37. The van der Waals surface area contributed by atoms with Gasteiger partial charge in [0, 0.05) is 31.5 Å². The summed E-state index contributed by atoms with van der Waals surface area (Å²) in [4.78, 5) is 27.9. The second kappa shape index (κ2) is 8.25.